The highest BCUT2D eigenvalue weighted by molar-refractivity contribution is 9.10. The summed E-state index contributed by atoms with van der Waals surface area (Å²) in [6, 6.07) is 9.53. The number of halogens is 1. The number of carbonyl (C=O) groups excluding carboxylic acids is 1. The lowest BCUT2D eigenvalue weighted by atomic mass is 10.2. The van der Waals surface area contributed by atoms with Crippen molar-refractivity contribution in [3.05, 3.63) is 46.4 Å². The monoisotopic (exact) mass is 482 g/mol. The number of ether oxygens (including phenoxy) is 2. The number of rotatable bonds is 6. The molecule has 0 atom stereocenters. The molecule has 9 heteroatoms. The van der Waals surface area contributed by atoms with Crippen LogP contribution in [0.1, 0.15) is 29.6 Å². The Labute approximate surface area is 179 Å². The summed E-state index contributed by atoms with van der Waals surface area (Å²) in [6.07, 6.45) is 2.73. The van der Waals surface area contributed by atoms with Gasteiger partial charge in [0.15, 0.2) is 0 Å². The minimum atomic E-state index is -3.63. The Morgan fingerprint density at radius 1 is 1.03 bits per heavy atom. The summed E-state index contributed by atoms with van der Waals surface area (Å²) in [5, 5.41) is 2.75. The van der Waals surface area contributed by atoms with E-state index in [2.05, 4.69) is 21.2 Å². The number of methoxy groups -OCH3 is 2. The Kier molecular flexibility index (Phi) is 6.81. The third-order valence-corrected chi connectivity index (χ3v) is 7.38. The molecule has 3 rings (SSSR count). The normalized spacial score (nSPS) is 15.0. The highest BCUT2D eigenvalue weighted by atomic mass is 79.9. The summed E-state index contributed by atoms with van der Waals surface area (Å²) in [4.78, 5) is 12.9. The molecule has 2 aromatic carbocycles. The molecular weight excluding hydrogens is 460 g/mol. The topological polar surface area (TPSA) is 84.9 Å². The lowest BCUT2D eigenvalue weighted by molar-refractivity contribution is 0.102. The van der Waals surface area contributed by atoms with Crippen molar-refractivity contribution in [3.8, 4) is 11.5 Å². The van der Waals surface area contributed by atoms with Gasteiger partial charge in [-0.1, -0.05) is 6.42 Å². The third-order valence-electron chi connectivity index (χ3n) is 4.79. The molecule has 1 amide bonds. The summed E-state index contributed by atoms with van der Waals surface area (Å²) < 4.78 is 38.5. The Morgan fingerprint density at radius 3 is 2.41 bits per heavy atom. The fraction of sp³-hybridized carbons (Fsp3) is 0.350. The number of piperidine rings is 1. The first-order valence-corrected chi connectivity index (χ1v) is 11.4. The first-order chi connectivity index (χ1) is 13.9. The van der Waals surface area contributed by atoms with Crippen LogP contribution in [0.4, 0.5) is 5.69 Å². The van der Waals surface area contributed by atoms with E-state index in [1.165, 1.54) is 30.7 Å². The minimum Gasteiger partial charge on any atom is -0.497 e. The van der Waals surface area contributed by atoms with E-state index in [0.29, 0.717) is 34.6 Å². The van der Waals surface area contributed by atoms with Crippen LogP contribution in [-0.2, 0) is 10.0 Å². The maximum Gasteiger partial charge on any atom is 0.257 e. The van der Waals surface area contributed by atoms with Crippen LogP contribution in [0.5, 0.6) is 11.5 Å². The first-order valence-electron chi connectivity index (χ1n) is 9.20. The highest BCUT2D eigenvalue weighted by Gasteiger charge is 2.27. The Bertz CT molecular complexity index is 1000. The number of amides is 1. The molecule has 1 saturated heterocycles. The summed E-state index contributed by atoms with van der Waals surface area (Å²) in [6.45, 7) is 1.01. The van der Waals surface area contributed by atoms with Crippen molar-refractivity contribution < 1.29 is 22.7 Å². The molecule has 7 nitrogen and oxygen atoms in total. The summed E-state index contributed by atoms with van der Waals surface area (Å²) in [7, 11) is -0.651. The lowest BCUT2D eigenvalue weighted by Gasteiger charge is -2.26. The van der Waals surface area contributed by atoms with Crippen LogP contribution in [-0.4, -0.2) is 45.9 Å². The zero-order valence-corrected chi connectivity index (χ0v) is 18.7. The molecule has 1 aliphatic rings. The largest absolute Gasteiger partial charge is 0.497 e. The molecule has 1 N–H and O–H groups in total. The second-order valence-electron chi connectivity index (χ2n) is 6.63. The molecule has 0 spiro atoms. The maximum absolute atomic E-state index is 13.0. The van der Waals surface area contributed by atoms with E-state index < -0.39 is 15.9 Å². The van der Waals surface area contributed by atoms with Crippen LogP contribution < -0.4 is 14.8 Å². The van der Waals surface area contributed by atoms with E-state index in [0.717, 1.165) is 19.3 Å². The van der Waals surface area contributed by atoms with E-state index in [9.17, 15) is 13.2 Å². The van der Waals surface area contributed by atoms with E-state index in [4.69, 9.17) is 9.47 Å². The summed E-state index contributed by atoms with van der Waals surface area (Å²) >= 11 is 3.36. The van der Waals surface area contributed by atoms with Crippen LogP contribution in [0.15, 0.2) is 45.8 Å². The number of hydrogen-bond donors (Lipinski definition) is 1. The molecule has 0 saturated carbocycles. The highest BCUT2D eigenvalue weighted by Crippen LogP contribution is 2.31. The van der Waals surface area contributed by atoms with Gasteiger partial charge in [0.1, 0.15) is 11.5 Å². The molecule has 29 heavy (non-hydrogen) atoms. The summed E-state index contributed by atoms with van der Waals surface area (Å²) in [5.74, 6) is 0.489. The van der Waals surface area contributed by atoms with Crippen LogP contribution in [0.3, 0.4) is 0 Å². The second-order valence-corrected chi connectivity index (χ2v) is 9.42. The van der Waals surface area contributed by atoms with Gasteiger partial charge in [0.2, 0.25) is 10.0 Å². The molecule has 0 radical (unpaired) electrons. The predicted octanol–water partition coefficient (Wildman–Crippen LogP) is 3.89. The van der Waals surface area contributed by atoms with Gasteiger partial charge in [-0.3, -0.25) is 4.79 Å². The van der Waals surface area contributed by atoms with Gasteiger partial charge in [0.05, 0.1) is 30.4 Å². The van der Waals surface area contributed by atoms with Gasteiger partial charge in [-0.05, 0) is 65.2 Å². The number of nitrogens with one attached hydrogen (secondary N) is 1. The standard InChI is InChI=1S/C20H23BrN2O5S/c1-27-14-6-8-17(21)16(12-14)20(24)22-18-13-15(7-9-19(18)28-2)29(25,26)23-10-4-3-5-11-23/h6-9,12-13H,3-5,10-11H2,1-2H3,(H,22,24). The van der Waals surface area contributed by atoms with Gasteiger partial charge in [-0.15, -0.1) is 0 Å². The van der Waals surface area contributed by atoms with Crippen molar-refractivity contribution in [1.82, 2.24) is 4.31 Å². The van der Waals surface area contributed by atoms with Crippen molar-refractivity contribution in [1.29, 1.82) is 0 Å². The molecule has 0 bridgehead atoms. The van der Waals surface area contributed by atoms with Crippen molar-refractivity contribution in [2.45, 2.75) is 24.2 Å². The lowest BCUT2D eigenvalue weighted by Crippen LogP contribution is -2.35. The smallest absolute Gasteiger partial charge is 0.257 e. The number of carbonyl (C=O) groups is 1. The number of benzene rings is 2. The Morgan fingerprint density at radius 2 is 1.76 bits per heavy atom. The van der Waals surface area contributed by atoms with E-state index in [1.54, 1.807) is 24.3 Å². The van der Waals surface area contributed by atoms with Crippen molar-refractivity contribution in [3.63, 3.8) is 0 Å². The molecular formula is C20H23BrN2O5S. The maximum atomic E-state index is 13.0. The fourth-order valence-corrected chi connectivity index (χ4v) is 5.17. The number of hydrogen-bond acceptors (Lipinski definition) is 5. The van der Waals surface area contributed by atoms with E-state index >= 15 is 0 Å². The predicted molar refractivity (Wildman–Crippen MR) is 114 cm³/mol. The molecule has 2 aromatic rings. The van der Waals surface area contributed by atoms with Crippen LogP contribution >= 0.6 is 15.9 Å². The van der Waals surface area contributed by atoms with Crippen molar-refractivity contribution in [2.24, 2.45) is 0 Å². The van der Waals surface area contributed by atoms with E-state index in [-0.39, 0.29) is 10.6 Å². The Balaban J connectivity index is 1.93. The van der Waals surface area contributed by atoms with E-state index in [1.807, 2.05) is 0 Å². The van der Waals surface area contributed by atoms with Crippen LogP contribution in [0.2, 0.25) is 0 Å². The average molecular weight is 483 g/mol. The average Bonchev–Trinajstić information content (AvgIpc) is 2.74. The van der Waals surface area contributed by atoms with Crippen molar-refractivity contribution in [2.75, 3.05) is 32.6 Å². The van der Waals surface area contributed by atoms with Gasteiger partial charge in [0, 0.05) is 17.6 Å². The minimum absolute atomic E-state index is 0.125. The zero-order chi connectivity index (χ0) is 21.0. The van der Waals surface area contributed by atoms with Crippen LogP contribution in [0, 0.1) is 0 Å². The first kappa shape index (κ1) is 21.6. The summed E-state index contributed by atoms with van der Waals surface area (Å²) in [5.41, 5.74) is 0.640. The van der Waals surface area contributed by atoms with Gasteiger partial charge < -0.3 is 14.8 Å². The fourth-order valence-electron chi connectivity index (χ4n) is 3.19. The SMILES string of the molecule is COc1ccc(Br)c(C(=O)Nc2cc(S(=O)(=O)N3CCCCC3)ccc2OC)c1. The molecule has 0 unspecified atom stereocenters. The Hall–Kier alpha value is -2.10. The number of nitrogens with zero attached hydrogens (tertiary/aromatic N) is 1. The van der Waals surface area contributed by atoms with Gasteiger partial charge in [0.25, 0.3) is 5.91 Å². The third kappa shape index (κ3) is 4.73. The van der Waals surface area contributed by atoms with Crippen molar-refractivity contribution >= 4 is 37.5 Å². The second kappa shape index (κ2) is 9.15. The molecule has 0 aromatic heterocycles. The van der Waals surface area contributed by atoms with Gasteiger partial charge in [-0.25, -0.2) is 8.42 Å². The molecule has 1 fully saturated rings. The number of sulfonamides is 1. The molecule has 0 aliphatic carbocycles. The molecule has 156 valence electrons. The molecule has 1 aliphatic heterocycles. The molecule has 1 heterocycles. The quantitative estimate of drug-likeness (QED) is 0.674. The van der Waals surface area contributed by atoms with Gasteiger partial charge in [-0.2, -0.15) is 4.31 Å². The van der Waals surface area contributed by atoms with Gasteiger partial charge >= 0.3 is 0 Å². The van der Waals surface area contributed by atoms with Crippen LogP contribution in [0.25, 0.3) is 0 Å². The zero-order valence-electron chi connectivity index (χ0n) is 16.3. The number of anilines is 1.